The van der Waals surface area contributed by atoms with E-state index >= 15 is 0 Å². The van der Waals surface area contributed by atoms with E-state index in [0.29, 0.717) is 0 Å². The molecule has 0 fully saturated rings. The smallest absolute Gasteiger partial charge is 0.0663 e. The van der Waals surface area contributed by atoms with Crippen molar-refractivity contribution in [2.24, 2.45) is 0 Å². The van der Waals surface area contributed by atoms with Crippen LogP contribution in [-0.4, -0.2) is 0 Å². The predicted molar refractivity (Wildman–Crippen MR) is 110 cm³/mol. The highest BCUT2D eigenvalue weighted by Crippen LogP contribution is 2.49. The number of allylic oxidation sites excluding steroid dienone is 4. The molecular weight excluding hydrogens is 312 g/mol. The van der Waals surface area contributed by atoms with Crippen LogP contribution in [0, 0.1) is 0 Å². The Balaban J connectivity index is 2.07. The second-order valence-electron chi connectivity index (χ2n) is 7.16. The lowest BCUT2D eigenvalue weighted by atomic mass is 9.64. The topological polar surface area (TPSA) is 0 Å². The van der Waals surface area contributed by atoms with E-state index in [9.17, 15) is 0 Å². The third-order valence-corrected chi connectivity index (χ3v) is 5.62. The Morgan fingerprint density at radius 1 is 0.577 bits per heavy atom. The van der Waals surface area contributed by atoms with E-state index in [2.05, 4.69) is 111 Å². The summed E-state index contributed by atoms with van der Waals surface area (Å²) in [5.41, 5.74) is 8.03. The minimum atomic E-state index is -0.261. The fourth-order valence-electron chi connectivity index (χ4n) is 4.22. The van der Waals surface area contributed by atoms with Crippen molar-refractivity contribution >= 4 is 0 Å². The molecular formula is C26H24. The zero-order valence-electron chi connectivity index (χ0n) is 15.4. The van der Waals surface area contributed by atoms with Gasteiger partial charge in [-0.15, -0.1) is 0 Å². The molecule has 0 saturated heterocycles. The molecule has 0 radical (unpaired) electrons. The molecule has 4 rings (SSSR count). The number of rotatable bonds is 4. The molecule has 0 aliphatic heterocycles. The van der Waals surface area contributed by atoms with Crippen LogP contribution in [0.5, 0.6) is 0 Å². The molecule has 0 saturated carbocycles. The summed E-state index contributed by atoms with van der Waals surface area (Å²) in [6.45, 7) is 4.48. The molecule has 0 N–H and O–H groups in total. The van der Waals surface area contributed by atoms with Gasteiger partial charge in [-0.2, -0.15) is 0 Å². The Bertz CT molecular complexity index is 848. The highest BCUT2D eigenvalue weighted by atomic mass is 14.4. The average molecular weight is 336 g/mol. The van der Waals surface area contributed by atoms with Crippen molar-refractivity contribution in [3.8, 4) is 0 Å². The normalized spacial score (nSPS) is 14.5. The average Bonchev–Trinajstić information content (AvgIpc) is 3.04. The van der Waals surface area contributed by atoms with Gasteiger partial charge in [0.05, 0.1) is 5.41 Å². The summed E-state index contributed by atoms with van der Waals surface area (Å²) >= 11 is 0. The van der Waals surface area contributed by atoms with Gasteiger partial charge in [0.25, 0.3) is 0 Å². The van der Waals surface area contributed by atoms with Gasteiger partial charge >= 0.3 is 0 Å². The minimum Gasteiger partial charge on any atom is -0.0663 e. The Morgan fingerprint density at radius 2 is 0.962 bits per heavy atom. The Morgan fingerprint density at radius 3 is 1.27 bits per heavy atom. The fourth-order valence-corrected chi connectivity index (χ4v) is 4.22. The van der Waals surface area contributed by atoms with Gasteiger partial charge in [-0.25, -0.2) is 0 Å². The van der Waals surface area contributed by atoms with Crippen LogP contribution in [0.15, 0.2) is 114 Å². The summed E-state index contributed by atoms with van der Waals surface area (Å²) in [5, 5.41) is 0. The molecule has 0 atom stereocenters. The zero-order chi connectivity index (χ0) is 18.0. The first-order valence-electron chi connectivity index (χ1n) is 9.27. The van der Waals surface area contributed by atoms with Crippen LogP contribution in [-0.2, 0) is 5.41 Å². The van der Waals surface area contributed by atoms with Gasteiger partial charge in [-0.1, -0.05) is 108 Å². The third-order valence-electron chi connectivity index (χ3n) is 5.62. The van der Waals surface area contributed by atoms with Crippen molar-refractivity contribution in [3.63, 3.8) is 0 Å². The maximum atomic E-state index is 2.41. The first kappa shape index (κ1) is 16.6. The Labute approximate surface area is 156 Å². The third kappa shape index (κ3) is 2.63. The van der Waals surface area contributed by atoms with Crippen LogP contribution in [0.25, 0.3) is 0 Å². The maximum Gasteiger partial charge on any atom is 0.0667 e. The highest BCUT2D eigenvalue weighted by Gasteiger charge is 2.40. The molecule has 0 bridgehead atoms. The van der Waals surface area contributed by atoms with Crippen LogP contribution in [0.4, 0.5) is 0 Å². The van der Waals surface area contributed by atoms with Crippen molar-refractivity contribution < 1.29 is 0 Å². The molecule has 26 heavy (non-hydrogen) atoms. The van der Waals surface area contributed by atoms with E-state index in [0.717, 1.165) is 6.42 Å². The van der Waals surface area contributed by atoms with Crippen molar-refractivity contribution in [2.75, 3.05) is 0 Å². The first-order chi connectivity index (χ1) is 12.7. The number of benzene rings is 3. The van der Waals surface area contributed by atoms with E-state index in [1.807, 2.05) is 0 Å². The number of hydrogen-bond donors (Lipinski definition) is 0. The van der Waals surface area contributed by atoms with Crippen molar-refractivity contribution in [2.45, 2.75) is 25.7 Å². The summed E-state index contributed by atoms with van der Waals surface area (Å²) < 4.78 is 0. The highest BCUT2D eigenvalue weighted by molar-refractivity contribution is 5.62. The molecule has 0 spiro atoms. The second kappa shape index (κ2) is 6.80. The Hall–Kier alpha value is -2.86. The van der Waals surface area contributed by atoms with E-state index in [1.54, 1.807) is 0 Å². The van der Waals surface area contributed by atoms with Crippen LogP contribution >= 0.6 is 0 Å². The summed E-state index contributed by atoms with van der Waals surface area (Å²) in [6, 6.07) is 32.8. The molecule has 0 aromatic heterocycles. The van der Waals surface area contributed by atoms with Gasteiger partial charge in [0.2, 0.25) is 0 Å². The SMILES string of the molecule is CC1=C(C)CC(C(c2ccccc2)(c2ccccc2)c2ccccc2)=C1. The predicted octanol–water partition coefficient (Wildman–Crippen LogP) is 6.69. The summed E-state index contributed by atoms with van der Waals surface area (Å²) in [5.74, 6) is 0. The van der Waals surface area contributed by atoms with Crippen LogP contribution < -0.4 is 0 Å². The van der Waals surface area contributed by atoms with Gasteiger partial charge < -0.3 is 0 Å². The Kier molecular flexibility index (Phi) is 4.34. The number of hydrogen-bond acceptors (Lipinski definition) is 0. The van der Waals surface area contributed by atoms with Gasteiger partial charge in [0.1, 0.15) is 0 Å². The van der Waals surface area contributed by atoms with Gasteiger partial charge in [0.15, 0.2) is 0 Å². The van der Waals surface area contributed by atoms with E-state index in [4.69, 9.17) is 0 Å². The monoisotopic (exact) mass is 336 g/mol. The lowest BCUT2D eigenvalue weighted by molar-refractivity contribution is 0.706. The molecule has 3 aromatic rings. The lowest BCUT2D eigenvalue weighted by Crippen LogP contribution is -2.31. The van der Waals surface area contributed by atoms with Gasteiger partial charge in [-0.05, 0) is 42.5 Å². The molecule has 0 heteroatoms. The maximum absolute atomic E-state index is 2.41. The lowest BCUT2D eigenvalue weighted by Gasteiger charge is -2.38. The molecule has 3 aromatic carbocycles. The largest absolute Gasteiger partial charge is 0.0667 e. The van der Waals surface area contributed by atoms with Gasteiger partial charge in [-0.3, -0.25) is 0 Å². The van der Waals surface area contributed by atoms with E-state index in [-0.39, 0.29) is 5.41 Å². The summed E-state index contributed by atoms with van der Waals surface area (Å²) in [4.78, 5) is 0. The molecule has 0 nitrogen and oxygen atoms in total. The quantitative estimate of drug-likeness (QED) is 0.466. The molecule has 128 valence electrons. The fraction of sp³-hybridized carbons (Fsp3) is 0.154. The van der Waals surface area contributed by atoms with Gasteiger partial charge in [0, 0.05) is 0 Å². The van der Waals surface area contributed by atoms with Crippen molar-refractivity contribution in [3.05, 3.63) is 130 Å². The van der Waals surface area contributed by atoms with Crippen molar-refractivity contribution in [1.82, 2.24) is 0 Å². The van der Waals surface area contributed by atoms with Crippen LogP contribution in [0.2, 0.25) is 0 Å². The standard InChI is InChI=1S/C26H24/c1-20-18-25(19-21(20)2)26(22-12-6-3-7-13-22,23-14-8-4-9-15-23)24-16-10-5-11-17-24/h3-18H,19H2,1-2H3. The van der Waals surface area contributed by atoms with E-state index < -0.39 is 0 Å². The van der Waals surface area contributed by atoms with Crippen LogP contribution in [0.3, 0.4) is 0 Å². The summed E-state index contributed by atoms with van der Waals surface area (Å²) in [7, 11) is 0. The second-order valence-corrected chi connectivity index (χ2v) is 7.16. The zero-order valence-corrected chi connectivity index (χ0v) is 15.4. The van der Waals surface area contributed by atoms with Crippen molar-refractivity contribution in [1.29, 1.82) is 0 Å². The van der Waals surface area contributed by atoms with E-state index in [1.165, 1.54) is 33.4 Å². The molecule has 1 aliphatic carbocycles. The summed E-state index contributed by atoms with van der Waals surface area (Å²) in [6.07, 6.45) is 3.42. The molecule has 0 unspecified atom stereocenters. The molecule has 0 heterocycles. The van der Waals surface area contributed by atoms with Crippen LogP contribution in [0.1, 0.15) is 37.0 Å². The molecule has 1 aliphatic rings. The molecule has 0 amide bonds. The first-order valence-corrected chi connectivity index (χ1v) is 9.27. The minimum absolute atomic E-state index is 0.261.